The molecule has 0 aliphatic carbocycles. The fraction of sp³-hybridized carbons (Fsp3) is 0.0714. The zero-order valence-corrected chi connectivity index (χ0v) is 12.6. The number of halogens is 1. The van der Waals surface area contributed by atoms with Crippen LogP contribution < -0.4 is 9.46 Å². The second-order valence-electron chi connectivity index (χ2n) is 4.09. The van der Waals surface area contributed by atoms with Crippen LogP contribution in [0.15, 0.2) is 47.4 Å². The molecule has 0 radical (unpaired) electrons. The minimum atomic E-state index is -3.78. The number of sulfonamides is 1. The van der Waals surface area contributed by atoms with Gasteiger partial charge in [0, 0.05) is 5.69 Å². The van der Waals surface area contributed by atoms with Gasteiger partial charge in [0.1, 0.15) is 11.8 Å². The molecule has 0 atom stereocenters. The van der Waals surface area contributed by atoms with Crippen molar-refractivity contribution >= 4 is 27.3 Å². The van der Waals surface area contributed by atoms with E-state index in [4.69, 9.17) is 21.6 Å². The Morgan fingerprint density at radius 2 is 1.86 bits per heavy atom. The number of anilines is 1. The van der Waals surface area contributed by atoms with E-state index < -0.39 is 10.0 Å². The molecule has 7 heteroatoms. The van der Waals surface area contributed by atoms with Gasteiger partial charge in [-0.15, -0.1) is 0 Å². The van der Waals surface area contributed by atoms with Crippen molar-refractivity contribution in [2.75, 3.05) is 11.8 Å². The van der Waals surface area contributed by atoms with E-state index in [0.29, 0.717) is 11.4 Å². The fourth-order valence-electron chi connectivity index (χ4n) is 1.63. The summed E-state index contributed by atoms with van der Waals surface area (Å²) in [7, 11) is -2.26. The van der Waals surface area contributed by atoms with Gasteiger partial charge in [0.2, 0.25) is 0 Å². The minimum absolute atomic E-state index is 0.0285. The molecule has 1 N–H and O–H groups in total. The molecule has 2 aromatic rings. The maximum atomic E-state index is 12.2. The van der Waals surface area contributed by atoms with Gasteiger partial charge in [0.05, 0.1) is 22.6 Å². The summed E-state index contributed by atoms with van der Waals surface area (Å²) < 4.78 is 31.9. The van der Waals surface area contributed by atoms with Crippen molar-refractivity contribution in [3.8, 4) is 11.8 Å². The lowest BCUT2D eigenvalue weighted by Crippen LogP contribution is -2.13. The van der Waals surface area contributed by atoms with Gasteiger partial charge in [0.25, 0.3) is 10.0 Å². The summed E-state index contributed by atoms with van der Waals surface area (Å²) in [5.41, 5.74) is 0.499. The van der Waals surface area contributed by atoms with Crippen molar-refractivity contribution in [1.29, 1.82) is 5.26 Å². The molecule has 0 bridgehead atoms. The molecule has 5 nitrogen and oxygen atoms in total. The predicted octanol–water partition coefficient (Wildman–Crippen LogP) is 3.02. The Labute approximate surface area is 127 Å². The number of hydrogen-bond acceptors (Lipinski definition) is 4. The summed E-state index contributed by atoms with van der Waals surface area (Å²) in [5.74, 6) is 0.621. The van der Waals surface area contributed by atoms with Crippen LogP contribution in [0.3, 0.4) is 0 Å². The maximum absolute atomic E-state index is 12.2. The number of nitrogens with zero attached hydrogens (tertiary/aromatic N) is 1. The highest BCUT2D eigenvalue weighted by Crippen LogP contribution is 2.22. The highest BCUT2D eigenvalue weighted by Gasteiger charge is 2.16. The Morgan fingerprint density at radius 3 is 2.43 bits per heavy atom. The SMILES string of the molecule is COc1ccc(NS(=O)(=O)c2ccc(Cl)c(C#N)c2)cc1. The van der Waals surface area contributed by atoms with Crippen LogP contribution >= 0.6 is 11.6 Å². The first-order valence-electron chi connectivity index (χ1n) is 5.83. The molecule has 0 heterocycles. The van der Waals surface area contributed by atoms with Crippen molar-refractivity contribution in [3.05, 3.63) is 53.1 Å². The number of hydrogen-bond donors (Lipinski definition) is 1. The molecule has 2 rings (SSSR count). The smallest absolute Gasteiger partial charge is 0.261 e. The Balaban J connectivity index is 2.31. The minimum Gasteiger partial charge on any atom is -0.497 e. The number of methoxy groups -OCH3 is 1. The maximum Gasteiger partial charge on any atom is 0.261 e. The zero-order chi connectivity index (χ0) is 15.5. The molecule has 0 unspecified atom stereocenters. The van der Waals surface area contributed by atoms with E-state index in [-0.39, 0.29) is 15.5 Å². The molecule has 108 valence electrons. The first-order chi connectivity index (χ1) is 9.96. The number of benzene rings is 2. The zero-order valence-electron chi connectivity index (χ0n) is 11.0. The van der Waals surface area contributed by atoms with Gasteiger partial charge in [0.15, 0.2) is 0 Å². The number of ether oxygens (including phenoxy) is 1. The summed E-state index contributed by atoms with van der Waals surface area (Å²) >= 11 is 5.79. The lowest BCUT2D eigenvalue weighted by Gasteiger charge is -2.09. The molecule has 0 fully saturated rings. The molecule has 0 amide bonds. The van der Waals surface area contributed by atoms with Crippen LogP contribution in [0.2, 0.25) is 5.02 Å². The lowest BCUT2D eigenvalue weighted by molar-refractivity contribution is 0.415. The van der Waals surface area contributed by atoms with Gasteiger partial charge in [-0.2, -0.15) is 5.26 Å². The highest BCUT2D eigenvalue weighted by atomic mass is 35.5. The Kier molecular flexibility index (Phi) is 4.36. The molecule has 0 aliphatic heterocycles. The third kappa shape index (κ3) is 3.45. The van der Waals surface area contributed by atoms with Gasteiger partial charge in [-0.1, -0.05) is 11.6 Å². The normalized spacial score (nSPS) is 10.7. The fourth-order valence-corrected chi connectivity index (χ4v) is 2.87. The number of rotatable bonds is 4. The second kappa shape index (κ2) is 6.04. The first kappa shape index (κ1) is 15.2. The van der Waals surface area contributed by atoms with E-state index in [1.165, 1.54) is 25.3 Å². The van der Waals surface area contributed by atoms with Crippen molar-refractivity contribution in [2.45, 2.75) is 4.90 Å². The van der Waals surface area contributed by atoms with Crippen LogP contribution in [0, 0.1) is 11.3 Å². The quantitative estimate of drug-likeness (QED) is 0.938. The lowest BCUT2D eigenvalue weighted by atomic mass is 10.2. The molecular weight excluding hydrogens is 312 g/mol. The Morgan fingerprint density at radius 1 is 1.19 bits per heavy atom. The number of nitriles is 1. The largest absolute Gasteiger partial charge is 0.497 e. The Hall–Kier alpha value is -2.23. The van der Waals surface area contributed by atoms with Crippen LogP contribution in [0.5, 0.6) is 5.75 Å². The van der Waals surface area contributed by atoms with E-state index in [1.807, 2.05) is 6.07 Å². The second-order valence-corrected chi connectivity index (χ2v) is 6.18. The van der Waals surface area contributed by atoms with Crippen LogP contribution in [-0.2, 0) is 10.0 Å². The van der Waals surface area contributed by atoms with Crippen molar-refractivity contribution in [1.82, 2.24) is 0 Å². The standard InChI is InChI=1S/C14H11ClN2O3S/c1-20-12-4-2-11(3-5-12)17-21(18,19)13-6-7-14(15)10(8-13)9-16/h2-8,17H,1H3. The number of nitrogens with one attached hydrogen (secondary N) is 1. The molecule has 0 aromatic heterocycles. The van der Waals surface area contributed by atoms with Crippen LogP contribution in [0.1, 0.15) is 5.56 Å². The monoisotopic (exact) mass is 322 g/mol. The summed E-state index contributed by atoms with van der Waals surface area (Å²) in [6.07, 6.45) is 0. The highest BCUT2D eigenvalue weighted by molar-refractivity contribution is 7.92. The van der Waals surface area contributed by atoms with E-state index >= 15 is 0 Å². The summed E-state index contributed by atoms with van der Waals surface area (Å²) in [5, 5.41) is 9.10. The predicted molar refractivity (Wildman–Crippen MR) is 80.0 cm³/mol. The molecule has 0 spiro atoms. The van der Waals surface area contributed by atoms with E-state index in [0.717, 1.165) is 0 Å². The van der Waals surface area contributed by atoms with E-state index in [2.05, 4.69) is 4.72 Å². The van der Waals surface area contributed by atoms with Gasteiger partial charge >= 0.3 is 0 Å². The molecule has 2 aromatic carbocycles. The average molecular weight is 323 g/mol. The van der Waals surface area contributed by atoms with Gasteiger partial charge in [-0.3, -0.25) is 4.72 Å². The molecule has 0 aliphatic rings. The summed E-state index contributed by atoms with van der Waals surface area (Å²) in [6, 6.07) is 12.2. The molecule has 0 saturated carbocycles. The van der Waals surface area contributed by atoms with E-state index in [9.17, 15) is 8.42 Å². The van der Waals surface area contributed by atoms with Crippen molar-refractivity contribution in [2.24, 2.45) is 0 Å². The van der Waals surface area contributed by atoms with Crippen LogP contribution in [0.4, 0.5) is 5.69 Å². The van der Waals surface area contributed by atoms with Crippen molar-refractivity contribution < 1.29 is 13.2 Å². The third-order valence-corrected chi connectivity index (χ3v) is 4.42. The molecular formula is C14H11ClN2O3S. The van der Waals surface area contributed by atoms with Gasteiger partial charge < -0.3 is 4.74 Å². The first-order valence-corrected chi connectivity index (χ1v) is 7.69. The van der Waals surface area contributed by atoms with Crippen molar-refractivity contribution in [3.63, 3.8) is 0 Å². The average Bonchev–Trinajstić information content (AvgIpc) is 2.48. The molecule has 21 heavy (non-hydrogen) atoms. The summed E-state index contributed by atoms with van der Waals surface area (Å²) in [4.78, 5) is -0.0285. The van der Waals surface area contributed by atoms with Gasteiger partial charge in [-0.25, -0.2) is 8.42 Å². The van der Waals surface area contributed by atoms with Gasteiger partial charge in [-0.05, 0) is 42.5 Å². The van der Waals surface area contributed by atoms with Crippen LogP contribution in [-0.4, -0.2) is 15.5 Å². The Bertz CT molecular complexity index is 796. The van der Waals surface area contributed by atoms with Crippen LogP contribution in [0.25, 0.3) is 0 Å². The molecule has 0 saturated heterocycles. The van der Waals surface area contributed by atoms with E-state index in [1.54, 1.807) is 24.3 Å². The third-order valence-electron chi connectivity index (χ3n) is 2.71. The topological polar surface area (TPSA) is 79.2 Å². The summed E-state index contributed by atoms with van der Waals surface area (Å²) in [6.45, 7) is 0.